The third-order valence-electron chi connectivity index (χ3n) is 5.23. The molecule has 1 N–H and O–H groups in total. The second-order valence-corrected chi connectivity index (χ2v) is 9.36. The van der Waals surface area contributed by atoms with E-state index < -0.39 is 27.1 Å². The average Bonchev–Trinajstić information content (AvgIpc) is 3.12. The molecule has 7 nitrogen and oxygen atoms in total. The van der Waals surface area contributed by atoms with Crippen LogP contribution in [0.25, 0.3) is 28.1 Å². The van der Waals surface area contributed by atoms with E-state index in [2.05, 4.69) is 16.0 Å². The van der Waals surface area contributed by atoms with E-state index in [1.165, 1.54) is 6.07 Å². The summed E-state index contributed by atoms with van der Waals surface area (Å²) in [7, 11) is -4.47. The second kappa shape index (κ2) is 8.55. The Labute approximate surface area is 193 Å². The number of sulfonamides is 1. The van der Waals surface area contributed by atoms with Crippen molar-refractivity contribution in [3.63, 3.8) is 0 Å². The van der Waals surface area contributed by atoms with Gasteiger partial charge in [0.05, 0.1) is 22.5 Å². The number of hydrogen-bond acceptors (Lipinski definition) is 5. The molecule has 0 bridgehead atoms. The van der Waals surface area contributed by atoms with Crippen molar-refractivity contribution in [2.45, 2.75) is 31.0 Å². The van der Waals surface area contributed by atoms with Gasteiger partial charge in [-0.05, 0) is 50.2 Å². The Kier molecular flexibility index (Phi) is 5.89. The largest absolute Gasteiger partial charge is 0.404 e. The zero-order valence-electron chi connectivity index (χ0n) is 18.0. The molecule has 0 saturated carbocycles. The zero-order chi connectivity index (χ0) is 24.7. The number of aromatic nitrogens is 3. The predicted octanol–water partition coefficient (Wildman–Crippen LogP) is 4.50. The molecule has 34 heavy (non-hydrogen) atoms. The molecule has 0 aliphatic carbocycles. The monoisotopic (exact) mass is 485 g/mol. The van der Waals surface area contributed by atoms with Gasteiger partial charge in [-0.15, -0.1) is 0 Å². The van der Waals surface area contributed by atoms with Crippen LogP contribution in [0.2, 0.25) is 0 Å². The topological polar surface area (TPSA) is 101 Å². The van der Waals surface area contributed by atoms with E-state index in [0.29, 0.717) is 34.9 Å². The van der Waals surface area contributed by atoms with Crippen LogP contribution < -0.4 is 4.72 Å². The highest BCUT2D eigenvalue weighted by molar-refractivity contribution is 7.89. The van der Waals surface area contributed by atoms with Crippen molar-refractivity contribution in [1.82, 2.24) is 19.3 Å². The van der Waals surface area contributed by atoms with Gasteiger partial charge < -0.3 is 0 Å². The van der Waals surface area contributed by atoms with Crippen molar-refractivity contribution in [3.8, 4) is 23.3 Å². The van der Waals surface area contributed by atoms with Gasteiger partial charge in [0.1, 0.15) is 22.8 Å². The smallest absolute Gasteiger partial charge is 0.291 e. The molecule has 0 aliphatic heterocycles. The van der Waals surface area contributed by atoms with E-state index in [1.807, 2.05) is 25.1 Å². The van der Waals surface area contributed by atoms with Crippen LogP contribution in [-0.4, -0.2) is 35.2 Å². The lowest BCUT2D eigenvalue weighted by Crippen LogP contribution is -2.42. The van der Waals surface area contributed by atoms with Crippen LogP contribution in [-0.2, 0) is 10.0 Å². The molecule has 11 heteroatoms. The van der Waals surface area contributed by atoms with Gasteiger partial charge in [-0.2, -0.15) is 23.2 Å². The summed E-state index contributed by atoms with van der Waals surface area (Å²) in [5.41, 5.74) is 2.61. The van der Waals surface area contributed by atoms with Crippen molar-refractivity contribution >= 4 is 20.9 Å². The normalized spacial score (nSPS) is 13.1. The number of nitrogens with one attached hydrogen (secondary N) is 1. The number of aryl methyl sites for hydroxylation is 1. The van der Waals surface area contributed by atoms with E-state index in [4.69, 9.17) is 0 Å². The Hall–Kier alpha value is -3.75. The van der Waals surface area contributed by atoms with Crippen molar-refractivity contribution in [2.75, 3.05) is 0 Å². The summed E-state index contributed by atoms with van der Waals surface area (Å²) in [6.45, 7) is 2.61. The maximum atomic E-state index is 12.8. The van der Waals surface area contributed by atoms with Gasteiger partial charge in [0, 0.05) is 17.8 Å². The fraction of sp³-hybridized carbons (Fsp3) is 0.174. The molecule has 0 spiro atoms. The number of hydrogen-bond donors (Lipinski definition) is 1. The molecule has 0 saturated heterocycles. The zero-order valence-corrected chi connectivity index (χ0v) is 18.8. The van der Waals surface area contributed by atoms with E-state index in [1.54, 1.807) is 33.7 Å². The molecule has 0 amide bonds. The molecule has 1 aromatic carbocycles. The highest BCUT2D eigenvalue weighted by atomic mass is 32.2. The minimum Gasteiger partial charge on any atom is -0.291 e. The van der Waals surface area contributed by atoms with Gasteiger partial charge in [0.2, 0.25) is 10.0 Å². The molecule has 4 rings (SSSR count). The van der Waals surface area contributed by atoms with Crippen LogP contribution in [0.3, 0.4) is 0 Å². The predicted molar refractivity (Wildman–Crippen MR) is 120 cm³/mol. The van der Waals surface area contributed by atoms with Crippen molar-refractivity contribution in [2.24, 2.45) is 0 Å². The fourth-order valence-corrected chi connectivity index (χ4v) is 4.71. The van der Waals surface area contributed by atoms with Crippen LogP contribution in [0.4, 0.5) is 13.2 Å². The number of pyridine rings is 2. The van der Waals surface area contributed by atoms with Crippen LogP contribution in [0.15, 0.2) is 65.8 Å². The summed E-state index contributed by atoms with van der Waals surface area (Å²) < 4.78 is 66.6. The standard InChI is InChI=1S/C23H18F3N5O2S/c1-14-6-9-20-17(11-14)18(12-27)22(31(20)21-5-3-4-10-28-21)19-8-7-16(13-29-19)34(32,33)30-15(2)23(24,25)26/h3-11,13,15,30H,1-2H3. The summed E-state index contributed by atoms with van der Waals surface area (Å²) in [5, 5.41) is 10.6. The average molecular weight is 485 g/mol. The minimum absolute atomic E-state index is 0.263. The van der Waals surface area contributed by atoms with Crippen LogP contribution >= 0.6 is 0 Å². The molecule has 174 valence electrons. The van der Waals surface area contributed by atoms with E-state index >= 15 is 0 Å². The maximum Gasteiger partial charge on any atom is 0.404 e. The van der Waals surface area contributed by atoms with E-state index in [-0.39, 0.29) is 5.69 Å². The Morgan fingerprint density at radius 2 is 1.88 bits per heavy atom. The molecule has 0 radical (unpaired) electrons. The van der Waals surface area contributed by atoms with Crippen LogP contribution in [0.5, 0.6) is 0 Å². The third-order valence-corrected chi connectivity index (χ3v) is 6.75. The summed E-state index contributed by atoms with van der Waals surface area (Å²) >= 11 is 0. The first kappa shape index (κ1) is 23.4. The Morgan fingerprint density at radius 3 is 2.47 bits per heavy atom. The summed E-state index contributed by atoms with van der Waals surface area (Å²) in [4.78, 5) is 8.15. The molecule has 4 aromatic rings. The number of halogens is 3. The number of alkyl halides is 3. The Balaban J connectivity index is 1.87. The molecule has 3 heterocycles. The molecular formula is C23H18F3N5O2S. The molecule has 1 atom stereocenters. The molecular weight excluding hydrogens is 467 g/mol. The number of nitriles is 1. The van der Waals surface area contributed by atoms with Gasteiger partial charge in [0.25, 0.3) is 0 Å². The Morgan fingerprint density at radius 1 is 1.12 bits per heavy atom. The van der Waals surface area contributed by atoms with Gasteiger partial charge in [-0.1, -0.05) is 17.7 Å². The van der Waals surface area contributed by atoms with E-state index in [0.717, 1.165) is 17.8 Å². The summed E-state index contributed by atoms with van der Waals surface area (Å²) in [5.74, 6) is 0.520. The number of fused-ring (bicyclic) bond motifs is 1. The highest BCUT2D eigenvalue weighted by Crippen LogP contribution is 2.35. The SMILES string of the molecule is Cc1ccc2c(c1)c(C#N)c(-c1ccc(S(=O)(=O)NC(C)C(F)(F)F)cn1)n2-c1ccccn1. The number of nitrogens with zero attached hydrogens (tertiary/aromatic N) is 4. The van der Waals surface area contributed by atoms with Crippen LogP contribution in [0, 0.1) is 18.3 Å². The number of benzene rings is 1. The van der Waals surface area contributed by atoms with Gasteiger partial charge in [-0.25, -0.2) is 13.4 Å². The first-order chi connectivity index (χ1) is 16.0. The fourth-order valence-electron chi connectivity index (χ4n) is 3.53. The molecule has 0 aliphatic rings. The van der Waals surface area contributed by atoms with Crippen LogP contribution in [0.1, 0.15) is 18.1 Å². The lowest BCUT2D eigenvalue weighted by molar-refractivity contribution is -0.147. The number of rotatable bonds is 5. The summed E-state index contributed by atoms with van der Waals surface area (Å²) in [6, 6.07) is 13.3. The second-order valence-electron chi connectivity index (χ2n) is 7.64. The Bertz CT molecular complexity index is 1510. The van der Waals surface area contributed by atoms with Gasteiger partial charge in [0.15, 0.2) is 0 Å². The third kappa shape index (κ3) is 4.25. The van der Waals surface area contributed by atoms with E-state index in [9.17, 15) is 26.9 Å². The van der Waals surface area contributed by atoms with Crippen molar-refractivity contribution < 1.29 is 21.6 Å². The van der Waals surface area contributed by atoms with Crippen molar-refractivity contribution in [1.29, 1.82) is 5.26 Å². The molecule has 3 aromatic heterocycles. The lowest BCUT2D eigenvalue weighted by Gasteiger charge is -2.17. The maximum absolute atomic E-state index is 12.8. The minimum atomic E-state index is -4.73. The van der Waals surface area contributed by atoms with Gasteiger partial charge >= 0.3 is 6.18 Å². The first-order valence-corrected chi connectivity index (χ1v) is 11.5. The summed E-state index contributed by atoms with van der Waals surface area (Å²) in [6.07, 6.45) is -2.17. The van der Waals surface area contributed by atoms with Crippen molar-refractivity contribution in [3.05, 3.63) is 72.1 Å². The quantitative estimate of drug-likeness (QED) is 0.449. The first-order valence-electron chi connectivity index (χ1n) is 10.0. The van der Waals surface area contributed by atoms with Gasteiger partial charge in [-0.3, -0.25) is 9.55 Å². The highest BCUT2D eigenvalue weighted by Gasteiger charge is 2.39. The molecule has 1 unspecified atom stereocenters. The lowest BCUT2D eigenvalue weighted by atomic mass is 10.1. The molecule has 0 fully saturated rings.